The van der Waals surface area contributed by atoms with Gasteiger partial charge < -0.3 is 10.4 Å². The Hall–Kier alpha value is -0.910. The molecule has 1 aliphatic heterocycles. The van der Waals surface area contributed by atoms with Gasteiger partial charge in [-0.3, -0.25) is 9.69 Å². The summed E-state index contributed by atoms with van der Waals surface area (Å²) in [5.41, 5.74) is 0. The van der Waals surface area contributed by atoms with E-state index in [4.69, 9.17) is 5.11 Å². The third kappa shape index (κ3) is 3.80. The first kappa shape index (κ1) is 12.5. The lowest BCUT2D eigenvalue weighted by Gasteiger charge is -2.34. The van der Waals surface area contributed by atoms with Gasteiger partial charge in [0.15, 0.2) is 0 Å². The van der Waals surface area contributed by atoms with Crippen LogP contribution in [-0.2, 0) is 11.2 Å². The Kier molecular flexibility index (Phi) is 4.53. The Morgan fingerprint density at radius 2 is 2.29 bits per heavy atom. The van der Waals surface area contributed by atoms with E-state index in [2.05, 4.69) is 16.3 Å². The molecule has 0 aliphatic carbocycles. The molecule has 2 N–H and O–H groups in total. The zero-order valence-electron chi connectivity index (χ0n) is 9.76. The van der Waals surface area contributed by atoms with Crippen LogP contribution in [0.25, 0.3) is 0 Å². The van der Waals surface area contributed by atoms with Gasteiger partial charge in [0.2, 0.25) is 0 Å². The summed E-state index contributed by atoms with van der Waals surface area (Å²) < 4.78 is 0. The quantitative estimate of drug-likeness (QED) is 0.824. The average molecular weight is 254 g/mol. The lowest BCUT2D eigenvalue weighted by Crippen LogP contribution is -2.49. The van der Waals surface area contributed by atoms with E-state index in [1.54, 1.807) is 11.3 Å². The van der Waals surface area contributed by atoms with E-state index in [0.717, 1.165) is 32.6 Å². The third-order valence-corrected chi connectivity index (χ3v) is 3.99. The van der Waals surface area contributed by atoms with E-state index >= 15 is 0 Å². The van der Waals surface area contributed by atoms with Crippen LogP contribution in [0.15, 0.2) is 17.5 Å². The van der Waals surface area contributed by atoms with Crippen LogP contribution in [0.4, 0.5) is 0 Å². The second-order valence-electron chi connectivity index (χ2n) is 4.32. The topological polar surface area (TPSA) is 52.6 Å². The van der Waals surface area contributed by atoms with Gasteiger partial charge in [-0.2, -0.15) is 0 Å². The molecule has 94 valence electrons. The largest absolute Gasteiger partial charge is 0.481 e. The molecule has 0 amide bonds. The van der Waals surface area contributed by atoms with E-state index in [9.17, 15) is 4.79 Å². The fourth-order valence-electron chi connectivity index (χ4n) is 2.24. The minimum absolute atomic E-state index is 0.133. The number of rotatable bonds is 5. The molecule has 1 aliphatic rings. The number of piperazine rings is 1. The van der Waals surface area contributed by atoms with Crippen molar-refractivity contribution in [3.05, 3.63) is 22.4 Å². The molecule has 4 nitrogen and oxygen atoms in total. The molecule has 0 saturated carbocycles. The Labute approximate surface area is 105 Å². The molecule has 1 aromatic rings. The molecule has 0 radical (unpaired) electrons. The van der Waals surface area contributed by atoms with Gasteiger partial charge in [-0.25, -0.2) is 0 Å². The number of carbonyl (C=O) groups is 1. The van der Waals surface area contributed by atoms with Crippen molar-refractivity contribution in [3.8, 4) is 0 Å². The van der Waals surface area contributed by atoms with Gasteiger partial charge in [0.1, 0.15) is 0 Å². The number of nitrogens with zero attached hydrogens (tertiary/aromatic N) is 1. The Balaban J connectivity index is 1.98. The van der Waals surface area contributed by atoms with E-state index in [-0.39, 0.29) is 12.5 Å². The van der Waals surface area contributed by atoms with Gasteiger partial charge in [-0.1, -0.05) is 6.07 Å². The van der Waals surface area contributed by atoms with E-state index in [1.807, 2.05) is 11.4 Å². The molecule has 1 aromatic heterocycles. The lowest BCUT2D eigenvalue weighted by molar-refractivity contribution is -0.138. The molecule has 0 spiro atoms. The highest BCUT2D eigenvalue weighted by molar-refractivity contribution is 7.09. The molecule has 1 saturated heterocycles. The number of nitrogens with one attached hydrogen (secondary N) is 1. The van der Waals surface area contributed by atoms with E-state index < -0.39 is 5.97 Å². The highest BCUT2D eigenvalue weighted by Crippen LogP contribution is 2.17. The highest BCUT2D eigenvalue weighted by Gasteiger charge is 2.23. The molecule has 0 bridgehead atoms. The maximum atomic E-state index is 10.9. The van der Waals surface area contributed by atoms with Crippen molar-refractivity contribution in [2.75, 3.05) is 26.2 Å². The minimum Gasteiger partial charge on any atom is -0.481 e. The first-order valence-corrected chi connectivity index (χ1v) is 6.82. The second-order valence-corrected chi connectivity index (χ2v) is 5.35. The Bertz CT molecular complexity index is 347. The third-order valence-electron chi connectivity index (χ3n) is 3.10. The summed E-state index contributed by atoms with van der Waals surface area (Å²) >= 11 is 1.71. The lowest BCUT2D eigenvalue weighted by atomic mass is 10.1. The summed E-state index contributed by atoms with van der Waals surface area (Å²) in [6, 6.07) is 4.24. The standard InChI is InChI=1S/C12H18N2O2S/c15-12(16)9-10(8-11-2-1-7-17-11)14-5-3-13-4-6-14/h1-2,7,10,13H,3-6,8-9H2,(H,15,16). The van der Waals surface area contributed by atoms with Gasteiger partial charge in [-0.05, 0) is 17.9 Å². The van der Waals surface area contributed by atoms with E-state index in [0.29, 0.717) is 0 Å². The molecule has 1 unspecified atom stereocenters. The summed E-state index contributed by atoms with van der Waals surface area (Å²) in [5.74, 6) is -0.704. The van der Waals surface area contributed by atoms with Crippen LogP contribution in [-0.4, -0.2) is 48.2 Å². The summed E-state index contributed by atoms with van der Waals surface area (Å²) in [5, 5.41) is 14.3. The van der Waals surface area contributed by atoms with Gasteiger partial charge in [0.25, 0.3) is 0 Å². The maximum Gasteiger partial charge on any atom is 0.304 e. The van der Waals surface area contributed by atoms with Crippen molar-refractivity contribution in [2.24, 2.45) is 0 Å². The first-order valence-electron chi connectivity index (χ1n) is 5.94. The Morgan fingerprint density at radius 3 is 2.88 bits per heavy atom. The highest BCUT2D eigenvalue weighted by atomic mass is 32.1. The van der Waals surface area contributed by atoms with Crippen LogP contribution in [0.5, 0.6) is 0 Å². The number of carboxylic acids is 1. The minimum atomic E-state index is -0.704. The van der Waals surface area contributed by atoms with Gasteiger partial charge in [0, 0.05) is 37.1 Å². The summed E-state index contributed by atoms with van der Waals surface area (Å²) in [4.78, 5) is 14.5. The summed E-state index contributed by atoms with van der Waals surface area (Å²) in [7, 11) is 0. The fraction of sp³-hybridized carbons (Fsp3) is 0.583. The number of hydrogen-bond donors (Lipinski definition) is 2. The predicted octanol–water partition coefficient (Wildman–Crippen LogP) is 1.04. The second kappa shape index (κ2) is 6.14. The Morgan fingerprint density at radius 1 is 1.53 bits per heavy atom. The number of aliphatic carboxylic acids is 1. The number of carboxylic acid groups (broad SMARTS) is 1. The normalized spacial score (nSPS) is 19.1. The van der Waals surface area contributed by atoms with Crippen LogP contribution in [0.1, 0.15) is 11.3 Å². The van der Waals surface area contributed by atoms with Crippen LogP contribution < -0.4 is 5.32 Å². The van der Waals surface area contributed by atoms with E-state index in [1.165, 1.54) is 4.88 Å². The monoisotopic (exact) mass is 254 g/mol. The zero-order chi connectivity index (χ0) is 12.1. The van der Waals surface area contributed by atoms with Crippen molar-refractivity contribution >= 4 is 17.3 Å². The SMILES string of the molecule is O=C(O)CC(Cc1cccs1)N1CCNCC1. The summed E-state index contributed by atoms with van der Waals surface area (Å²) in [6.45, 7) is 3.81. The first-order chi connectivity index (χ1) is 8.25. The summed E-state index contributed by atoms with van der Waals surface area (Å²) in [6.07, 6.45) is 1.09. The van der Waals surface area contributed by atoms with Crippen molar-refractivity contribution in [3.63, 3.8) is 0 Å². The molecular weight excluding hydrogens is 236 g/mol. The van der Waals surface area contributed by atoms with Crippen molar-refractivity contribution in [2.45, 2.75) is 18.9 Å². The van der Waals surface area contributed by atoms with Crippen molar-refractivity contribution < 1.29 is 9.90 Å². The molecule has 2 rings (SSSR count). The number of thiophene rings is 1. The van der Waals surface area contributed by atoms with Crippen LogP contribution in [0.2, 0.25) is 0 Å². The van der Waals surface area contributed by atoms with Crippen LogP contribution in [0.3, 0.4) is 0 Å². The van der Waals surface area contributed by atoms with Crippen LogP contribution in [0, 0.1) is 0 Å². The smallest absolute Gasteiger partial charge is 0.304 e. The maximum absolute atomic E-state index is 10.9. The van der Waals surface area contributed by atoms with Crippen molar-refractivity contribution in [1.29, 1.82) is 0 Å². The van der Waals surface area contributed by atoms with Gasteiger partial charge >= 0.3 is 5.97 Å². The molecule has 5 heteroatoms. The molecule has 1 atom stereocenters. The molecule has 1 fully saturated rings. The molecule has 0 aromatic carbocycles. The fourth-order valence-corrected chi connectivity index (χ4v) is 3.02. The van der Waals surface area contributed by atoms with Gasteiger partial charge in [0.05, 0.1) is 6.42 Å². The molecule has 17 heavy (non-hydrogen) atoms. The zero-order valence-corrected chi connectivity index (χ0v) is 10.6. The number of hydrogen-bond acceptors (Lipinski definition) is 4. The van der Waals surface area contributed by atoms with Gasteiger partial charge in [-0.15, -0.1) is 11.3 Å². The van der Waals surface area contributed by atoms with Crippen molar-refractivity contribution in [1.82, 2.24) is 10.2 Å². The average Bonchev–Trinajstić information content (AvgIpc) is 2.82. The van der Waals surface area contributed by atoms with Crippen LogP contribution >= 0.6 is 11.3 Å². The predicted molar refractivity (Wildman–Crippen MR) is 68.5 cm³/mol. The molecule has 2 heterocycles. The molecular formula is C12H18N2O2S.